The summed E-state index contributed by atoms with van der Waals surface area (Å²) in [6.07, 6.45) is 2.62. The number of halogens is 3. The van der Waals surface area contributed by atoms with Gasteiger partial charge in [-0.3, -0.25) is 0 Å². The molecule has 10 heteroatoms. The Morgan fingerprint density at radius 1 is 1.40 bits per heavy atom. The molecule has 0 aliphatic heterocycles. The number of hydroxylamine groups is 2. The zero-order valence-electron chi connectivity index (χ0n) is 17.2. The van der Waals surface area contributed by atoms with Crippen LogP contribution in [-0.4, -0.2) is 49.2 Å². The van der Waals surface area contributed by atoms with Gasteiger partial charge in [0.2, 0.25) is 0 Å². The van der Waals surface area contributed by atoms with E-state index in [4.69, 9.17) is 22.1 Å². The smallest absolute Gasteiger partial charge is 0.253 e. The van der Waals surface area contributed by atoms with Crippen LogP contribution >= 0.6 is 20.8 Å². The molecule has 2 saturated carbocycles. The molecule has 4 atom stereocenters. The second-order valence-corrected chi connectivity index (χ2v) is 8.77. The van der Waals surface area contributed by atoms with Gasteiger partial charge in [0.1, 0.15) is 0 Å². The number of nitrogens with zero attached hydrogens (tertiary/aromatic N) is 1. The summed E-state index contributed by atoms with van der Waals surface area (Å²) in [7, 11) is 4.40. The van der Waals surface area contributed by atoms with Gasteiger partial charge >= 0.3 is 0 Å². The summed E-state index contributed by atoms with van der Waals surface area (Å²) < 4.78 is 28.6. The molecular formula is C20H30ClF2N3O2PY-. The van der Waals surface area contributed by atoms with E-state index in [0.29, 0.717) is 50.1 Å². The number of alkyl halides is 2. The van der Waals surface area contributed by atoms with Crippen molar-refractivity contribution in [2.75, 3.05) is 26.7 Å². The fraction of sp³-hybridized carbons (Fsp3) is 0.650. The van der Waals surface area contributed by atoms with Crippen LogP contribution in [0.15, 0.2) is 18.2 Å². The molecule has 0 saturated heterocycles. The Bertz CT molecular complexity index is 673. The Labute approximate surface area is 209 Å². The number of likely N-dealkylation sites (N-methyl/N-ethyl adjacent to an activating group) is 1. The van der Waals surface area contributed by atoms with Crippen molar-refractivity contribution in [1.82, 2.24) is 10.4 Å². The molecule has 1 radical (unpaired) electrons. The monoisotopic (exact) mass is 537 g/mol. The summed E-state index contributed by atoms with van der Waals surface area (Å²) in [4.78, 5) is 8.99. The van der Waals surface area contributed by atoms with Crippen LogP contribution in [0.25, 0.3) is 5.73 Å². The number of aldehydes is 1. The second-order valence-electron chi connectivity index (χ2n) is 7.74. The van der Waals surface area contributed by atoms with E-state index in [2.05, 4.69) is 14.6 Å². The zero-order valence-corrected chi connectivity index (χ0v) is 21.9. The molecule has 0 spiro atoms. The van der Waals surface area contributed by atoms with E-state index < -0.39 is 17.8 Å². The van der Waals surface area contributed by atoms with Crippen molar-refractivity contribution in [3.05, 3.63) is 34.5 Å². The van der Waals surface area contributed by atoms with Gasteiger partial charge in [-0.2, -0.15) is 5.06 Å². The predicted octanol–water partition coefficient (Wildman–Crippen LogP) is 4.10. The predicted molar refractivity (Wildman–Crippen MR) is 115 cm³/mol. The number of carbonyl (C=O) groups is 1. The maximum absolute atomic E-state index is 14.3. The fourth-order valence-electron chi connectivity index (χ4n) is 4.54. The maximum atomic E-state index is 14.3. The van der Waals surface area contributed by atoms with Gasteiger partial charge in [0.05, 0.1) is 12.3 Å². The van der Waals surface area contributed by atoms with E-state index in [1.54, 1.807) is 0 Å². The van der Waals surface area contributed by atoms with E-state index in [1.165, 1.54) is 5.06 Å². The fourth-order valence-corrected chi connectivity index (χ4v) is 4.90. The van der Waals surface area contributed by atoms with Gasteiger partial charge in [0, 0.05) is 62.7 Å². The van der Waals surface area contributed by atoms with E-state index >= 15 is 0 Å². The number of fused-ring (bicyclic) bond motifs is 2. The molecule has 3 N–H and O–H groups in total. The number of carbonyl (C=O) groups excluding carboxylic acids is 1. The largest absolute Gasteiger partial charge is 0.671 e. The van der Waals surface area contributed by atoms with Crippen LogP contribution in [0.5, 0.6) is 0 Å². The molecule has 2 fully saturated rings. The average Bonchev–Trinajstić information content (AvgIpc) is 2.87. The van der Waals surface area contributed by atoms with Crippen LogP contribution in [0.4, 0.5) is 8.78 Å². The quantitative estimate of drug-likeness (QED) is 0.312. The molecule has 3 rings (SSSR count). The molecule has 1 aromatic carbocycles. The van der Waals surface area contributed by atoms with Gasteiger partial charge in [0.25, 0.3) is 5.92 Å². The number of hydrogen-bond acceptors (Lipinski definition) is 4. The number of benzene rings is 1. The molecule has 5 nitrogen and oxygen atoms in total. The average molecular weight is 538 g/mol. The van der Waals surface area contributed by atoms with Crippen molar-refractivity contribution in [2.24, 2.45) is 17.8 Å². The minimum Gasteiger partial charge on any atom is -0.671 e. The van der Waals surface area contributed by atoms with Crippen LogP contribution in [-0.2, 0) is 37.5 Å². The summed E-state index contributed by atoms with van der Waals surface area (Å²) in [5, 5.41) is 16.5. The number of hydrogen-bond donors (Lipinski definition) is 2. The molecule has 1 aromatic rings. The van der Waals surface area contributed by atoms with Crippen molar-refractivity contribution < 1.29 is 51.5 Å². The third-order valence-electron chi connectivity index (χ3n) is 5.93. The molecule has 2 bridgehead atoms. The Hall–Kier alpha value is 0.414. The van der Waals surface area contributed by atoms with Crippen molar-refractivity contribution in [2.45, 2.75) is 37.6 Å². The van der Waals surface area contributed by atoms with Crippen molar-refractivity contribution in [3.8, 4) is 0 Å². The van der Waals surface area contributed by atoms with Crippen LogP contribution < -0.4 is 10.6 Å². The van der Waals surface area contributed by atoms with Crippen LogP contribution in [0.2, 0.25) is 5.02 Å². The van der Waals surface area contributed by atoms with Gasteiger partial charge in [0.15, 0.2) is 0 Å². The first kappa shape index (κ1) is 28.4. The van der Waals surface area contributed by atoms with E-state index in [9.17, 15) is 14.0 Å². The van der Waals surface area contributed by atoms with E-state index in [0.717, 1.165) is 10.9 Å². The molecule has 2 aliphatic carbocycles. The summed E-state index contributed by atoms with van der Waals surface area (Å²) in [5.41, 5.74) is 6.98. The third-order valence-corrected chi connectivity index (χ3v) is 6.95. The minimum atomic E-state index is -2.55. The molecule has 4 unspecified atom stereocenters. The van der Waals surface area contributed by atoms with Crippen molar-refractivity contribution >= 4 is 32.4 Å². The Kier molecular flexibility index (Phi) is 12.5. The summed E-state index contributed by atoms with van der Waals surface area (Å²) in [6.45, 7) is 0.946. The van der Waals surface area contributed by atoms with Gasteiger partial charge in [-0.15, -0.1) is 9.24 Å². The second kappa shape index (κ2) is 13.2. The molecule has 0 aromatic heterocycles. The molecular weight excluding hydrogens is 508 g/mol. The first-order valence-electron chi connectivity index (χ1n) is 9.87. The number of nitrogens with one attached hydrogen (secondary N) is 2. The van der Waals surface area contributed by atoms with Crippen LogP contribution in [0.1, 0.15) is 37.3 Å². The van der Waals surface area contributed by atoms with Gasteiger partial charge in [-0.1, -0.05) is 30.3 Å². The first-order chi connectivity index (χ1) is 13.8. The molecule has 167 valence electrons. The first-order valence-corrected chi connectivity index (χ1v) is 10.8. The van der Waals surface area contributed by atoms with Crippen LogP contribution in [0.3, 0.4) is 0 Å². The molecule has 0 heterocycles. The molecule has 30 heavy (non-hydrogen) atoms. The van der Waals surface area contributed by atoms with Gasteiger partial charge in [-0.05, 0) is 55.6 Å². The normalized spacial score (nSPS) is 25.1. The number of rotatable bonds is 7. The van der Waals surface area contributed by atoms with E-state index in [-0.39, 0.29) is 51.2 Å². The third kappa shape index (κ3) is 6.95. The standard InChI is InChI=1S/C18H26ClF2N2OP.C2H4NO.Y/c1-22-6-7-23(24)17(11-2-5-16(25)15(19)10-11)12-8-13-3-4-14(9-12)18(13,20)21;3-1-2-4;/h2,5,10,12-14,17,22,24H,3-4,6-9,25H2,1H3;2-3H,1H2;/q;-1;. The molecule has 2 aliphatic rings. The Balaban J connectivity index is 0.000000827. The van der Waals surface area contributed by atoms with Gasteiger partial charge in [-0.25, -0.2) is 8.78 Å². The Morgan fingerprint density at radius 2 is 1.97 bits per heavy atom. The summed E-state index contributed by atoms with van der Waals surface area (Å²) >= 11 is 6.27. The molecule has 0 amide bonds. The summed E-state index contributed by atoms with van der Waals surface area (Å²) in [5.74, 6) is -3.67. The minimum absolute atomic E-state index is 0. The Morgan fingerprint density at radius 3 is 2.43 bits per heavy atom. The topological polar surface area (TPSA) is 76.4 Å². The van der Waals surface area contributed by atoms with Crippen molar-refractivity contribution in [1.29, 1.82) is 0 Å². The van der Waals surface area contributed by atoms with Gasteiger partial charge < -0.3 is 21.1 Å². The zero-order chi connectivity index (χ0) is 21.6. The maximum Gasteiger partial charge on any atom is 0.253 e. The van der Waals surface area contributed by atoms with Crippen LogP contribution in [0, 0.1) is 17.8 Å². The summed E-state index contributed by atoms with van der Waals surface area (Å²) in [6, 6.07) is 5.38. The SMILES string of the molecule is CNCCN(O)C(c1ccc(P)c(Cl)c1)C1CC2CCC(C1)C2(F)F.[NH-]CC=O.[Y]. The van der Waals surface area contributed by atoms with Crippen molar-refractivity contribution in [3.63, 3.8) is 0 Å². The van der Waals surface area contributed by atoms with E-state index in [1.807, 2.05) is 25.2 Å².